The summed E-state index contributed by atoms with van der Waals surface area (Å²) >= 11 is 0. The van der Waals surface area contributed by atoms with E-state index in [1.54, 1.807) is 0 Å². The monoisotopic (exact) mass is 248 g/mol. The minimum atomic E-state index is 0.298. The summed E-state index contributed by atoms with van der Waals surface area (Å²) in [7, 11) is 2.05. The van der Waals surface area contributed by atoms with Crippen LogP contribution < -0.4 is 5.32 Å². The minimum Gasteiger partial charge on any atom is -0.316 e. The van der Waals surface area contributed by atoms with Gasteiger partial charge in [0.2, 0.25) is 0 Å². The van der Waals surface area contributed by atoms with Crippen LogP contribution in [0.15, 0.2) is 6.07 Å². The first-order valence-electron chi connectivity index (χ1n) is 6.94. The SMILES string of the molecule is Cc1cc(CN2CC3CNCC3C2(C)C)n(C)n1. The van der Waals surface area contributed by atoms with Crippen LogP contribution in [0.5, 0.6) is 0 Å². The Morgan fingerprint density at radius 1 is 1.44 bits per heavy atom. The molecule has 2 aliphatic heterocycles. The topological polar surface area (TPSA) is 33.1 Å². The molecule has 2 atom stereocenters. The molecule has 0 aliphatic carbocycles. The van der Waals surface area contributed by atoms with Crippen molar-refractivity contribution in [3.63, 3.8) is 0 Å². The van der Waals surface area contributed by atoms with Crippen LogP contribution in [-0.4, -0.2) is 39.9 Å². The fourth-order valence-electron chi connectivity index (χ4n) is 3.78. The van der Waals surface area contributed by atoms with Crippen molar-refractivity contribution in [3.8, 4) is 0 Å². The van der Waals surface area contributed by atoms with Crippen molar-refractivity contribution in [3.05, 3.63) is 17.5 Å². The molecule has 2 fully saturated rings. The van der Waals surface area contributed by atoms with Crippen molar-refractivity contribution in [1.29, 1.82) is 0 Å². The Kier molecular flexibility index (Phi) is 2.75. The van der Waals surface area contributed by atoms with Crippen molar-refractivity contribution in [1.82, 2.24) is 20.0 Å². The molecule has 2 unspecified atom stereocenters. The maximum Gasteiger partial charge on any atom is 0.0597 e. The maximum atomic E-state index is 4.45. The molecule has 0 spiro atoms. The number of likely N-dealkylation sites (tertiary alicyclic amines) is 1. The molecule has 0 aromatic carbocycles. The number of nitrogens with zero attached hydrogens (tertiary/aromatic N) is 3. The largest absolute Gasteiger partial charge is 0.316 e. The Labute approximate surface area is 109 Å². The molecule has 100 valence electrons. The second-order valence-corrected chi connectivity index (χ2v) is 6.46. The predicted molar refractivity (Wildman–Crippen MR) is 72.3 cm³/mol. The van der Waals surface area contributed by atoms with Crippen LogP contribution in [0, 0.1) is 18.8 Å². The highest BCUT2D eigenvalue weighted by molar-refractivity contribution is 5.12. The molecule has 1 aromatic rings. The van der Waals surface area contributed by atoms with Crippen molar-refractivity contribution in [2.75, 3.05) is 19.6 Å². The first kappa shape index (κ1) is 12.2. The molecule has 4 heteroatoms. The van der Waals surface area contributed by atoms with Crippen molar-refractivity contribution < 1.29 is 0 Å². The zero-order valence-corrected chi connectivity index (χ0v) is 11.9. The number of aromatic nitrogens is 2. The average Bonchev–Trinajstić information content (AvgIpc) is 2.90. The van der Waals surface area contributed by atoms with Crippen LogP contribution in [0.2, 0.25) is 0 Å². The average molecular weight is 248 g/mol. The van der Waals surface area contributed by atoms with Crippen molar-refractivity contribution >= 4 is 0 Å². The van der Waals surface area contributed by atoms with Crippen molar-refractivity contribution in [2.45, 2.75) is 32.9 Å². The van der Waals surface area contributed by atoms with E-state index in [2.05, 4.69) is 42.2 Å². The molecule has 4 nitrogen and oxygen atoms in total. The first-order chi connectivity index (χ1) is 8.48. The highest BCUT2D eigenvalue weighted by atomic mass is 15.3. The van der Waals surface area contributed by atoms with E-state index in [9.17, 15) is 0 Å². The lowest BCUT2D eigenvalue weighted by atomic mass is 9.85. The zero-order chi connectivity index (χ0) is 12.9. The second kappa shape index (κ2) is 4.07. The third-order valence-corrected chi connectivity index (χ3v) is 4.97. The smallest absolute Gasteiger partial charge is 0.0597 e. The van der Waals surface area contributed by atoms with E-state index in [1.165, 1.54) is 25.3 Å². The third-order valence-electron chi connectivity index (χ3n) is 4.97. The number of hydrogen-bond acceptors (Lipinski definition) is 3. The zero-order valence-electron chi connectivity index (χ0n) is 11.9. The Morgan fingerprint density at radius 3 is 2.83 bits per heavy atom. The highest BCUT2D eigenvalue weighted by Crippen LogP contribution is 2.41. The van der Waals surface area contributed by atoms with Gasteiger partial charge < -0.3 is 5.32 Å². The maximum absolute atomic E-state index is 4.45. The molecule has 0 bridgehead atoms. The summed E-state index contributed by atoms with van der Waals surface area (Å²) in [6.07, 6.45) is 0. The molecule has 1 aromatic heterocycles. The predicted octanol–water partition coefficient (Wildman–Crippen LogP) is 1.16. The van der Waals surface area contributed by atoms with E-state index in [4.69, 9.17) is 0 Å². The van der Waals surface area contributed by atoms with E-state index < -0.39 is 0 Å². The van der Waals surface area contributed by atoms with E-state index >= 15 is 0 Å². The normalized spacial score (nSPS) is 30.9. The van der Waals surface area contributed by atoms with Gasteiger partial charge in [0.25, 0.3) is 0 Å². The summed E-state index contributed by atoms with van der Waals surface area (Å²) in [6, 6.07) is 2.21. The second-order valence-electron chi connectivity index (χ2n) is 6.46. The van der Waals surface area contributed by atoms with Gasteiger partial charge >= 0.3 is 0 Å². The Morgan fingerprint density at radius 2 is 2.22 bits per heavy atom. The fraction of sp³-hybridized carbons (Fsp3) is 0.786. The van der Waals surface area contributed by atoms with E-state index in [1.807, 2.05) is 11.7 Å². The van der Waals surface area contributed by atoms with Gasteiger partial charge in [-0.25, -0.2) is 0 Å². The first-order valence-corrected chi connectivity index (χ1v) is 6.94. The molecule has 2 saturated heterocycles. The lowest BCUT2D eigenvalue weighted by Gasteiger charge is -2.35. The van der Waals surface area contributed by atoms with Crippen LogP contribution >= 0.6 is 0 Å². The van der Waals surface area contributed by atoms with Gasteiger partial charge in [0.05, 0.1) is 11.4 Å². The van der Waals surface area contributed by atoms with Gasteiger partial charge in [-0.2, -0.15) is 5.10 Å². The van der Waals surface area contributed by atoms with Gasteiger partial charge in [-0.05, 0) is 45.2 Å². The van der Waals surface area contributed by atoms with Gasteiger partial charge in [-0.3, -0.25) is 9.58 Å². The summed E-state index contributed by atoms with van der Waals surface area (Å²) in [4.78, 5) is 2.64. The Bertz CT molecular complexity index is 449. The van der Waals surface area contributed by atoms with Gasteiger partial charge in [-0.15, -0.1) is 0 Å². The van der Waals surface area contributed by atoms with Crippen LogP contribution in [0.4, 0.5) is 0 Å². The summed E-state index contributed by atoms with van der Waals surface area (Å²) < 4.78 is 2.03. The van der Waals surface area contributed by atoms with Crippen LogP contribution in [0.25, 0.3) is 0 Å². The molecule has 0 amide bonds. The minimum absolute atomic E-state index is 0.298. The summed E-state index contributed by atoms with van der Waals surface area (Å²) in [5.74, 6) is 1.63. The molecule has 18 heavy (non-hydrogen) atoms. The Balaban J connectivity index is 1.79. The molecule has 0 saturated carbocycles. The van der Waals surface area contributed by atoms with E-state index in [0.717, 1.165) is 24.1 Å². The third kappa shape index (κ3) is 1.79. The molecule has 3 heterocycles. The quantitative estimate of drug-likeness (QED) is 0.852. The van der Waals surface area contributed by atoms with Crippen LogP contribution in [-0.2, 0) is 13.6 Å². The standard InChI is InChI=1S/C14H24N4/c1-10-5-12(17(4)16-10)9-18-8-11-6-15-7-13(11)14(18,2)3/h5,11,13,15H,6-9H2,1-4H3. The number of fused-ring (bicyclic) bond motifs is 1. The fourth-order valence-corrected chi connectivity index (χ4v) is 3.78. The number of aryl methyl sites for hydroxylation is 2. The van der Waals surface area contributed by atoms with Crippen molar-refractivity contribution in [2.24, 2.45) is 18.9 Å². The lowest BCUT2D eigenvalue weighted by Crippen LogP contribution is -2.44. The molecular weight excluding hydrogens is 224 g/mol. The Hall–Kier alpha value is -0.870. The van der Waals surface area contributed by atoms with Gasteiger partial charge in [0.15, 0.2) is 0 Å². The highest BCUT2D eigenvalue weighted by Gasteiger charge is 2.49. The van der Waals surface area contributed by atoms with E-state index in [-0.39, 0.29) is 0 Å². The van der Waals surface area contributed by atoms with Gasteiger partial charge in [-0.1, -0.05) is 0 Å². The van der Waals surface area contributed by atoms with Crippen LogP contribution in [0.1, 0.15) is 25.2 Å². The summed E-state index contributed by atoms with van der Waals surface area (Å²) in [5.41, 5.74) is 2.74. The number of nitrogens with one attached hydrogen (secondary N) is 1. The summed E-state index contributed by atoms with van der Waals surface area (Å²) in [5, 5.41) is 7.99. The molecular formula is C14H24N4. The molecule has 3 rings (SSSR count). The summed E-state index contributed by atoms with van der Waals surface area (Å²) in [6.45, 7) is 11.5. The van der Waals surface area contributed by atoms with Crippen LogP contribution in [0.3, 0.4) is 0 Å². The molecule has 2 aliphatic rings. The molecule has 1 N–H and O–H groups in total. The van der Waals surface area contributed by atoms with E-state index in [0.29, 0.717) is 5.54 Å². The van der Waals surface area contributed by atoms with Gasteiger partial charge in [0.1, 0.15) is 0 Å². The molecule has 0 radical (unpaired) electrons. The lowest BCUT2D eigenvalue weighted by molar-refractivity contribution is 0.129. The number of rotatable bonds is 2. The number of hydrogen-bond donors (Lipinski definition) is 1. The van der Waals surface area contributed by atoms with Gasteiger partial charge in [0, 0.05) is 32.2 Å².